The summed E-state index contributed by atoms with van der Waals surface area (Å²) in [7, 11) is 0. The molecule has 0 heterocycles. The summed E-state index contributed by atoms with van der Waals surface area (Å²) >= 11 is 0. The molecule has 0 unspecified atom stereocenters. The standard InChI is InChI=1S/C23H35NO6/c1-6-27-19-13-17(14-20(28-7-2)21(19)29-8-3)23(26)30-16(5)22(25)24-18-12-10-9-11-15(18)4/h13-16,18H,6-12H2,1-5H3,(H,24,25)/t15-,16+,18-/m0/s1. The van der Waals surface area contributed by atoms with Gasteiger partial charge in [0.1, 0.15) is 0 Å². The Morgan fingerprint density at radius 3 is 2.10 bits per heavy atom. The van der Waals surface area contributed by atoms with Crippen LogP contribution < -0.4 is 19.5 Å². The Morgan fingerprint density at radius 2 is 1.57 bits per heavy atom. The lowest BCUT2D eigenvalue weighted by atomic mass is 9.86. The molecular formula is C23H35NO6. The Labute approximate surface area is 179 Å². The van der Waals surface area contributed by atoms with E-state index in [1.54, 1.807) is 19.1 Å². The minimum Gasteiger partial charge on any atom is -0.490 e. The van der Waals surface area contributed by atoms with E-state index in [2.05, 4.69) is 12.2 Å². The molecule has 7 nitrogen and oxygen atoms in total. The summed E-state index contributed by atoms with van der Waals surface area (Å²) in [6, 6.07) is 3.26. The molecular weight excluding hydrogens is 386 g/mol. The van der Waals surface area contributed by atoms with Crippen molar-refractivity contribution in [3.63, 3.8) is 0 Å². The Morgan fingerprint density at radius 1 is 1.00 bits per heavy atom. The van der Waals surface area contributed by atoms with E-state index in [1.165, 1.54) is 6.42 Å². The number of ether oxygens (including phenoxy) is 4. The van der Waals surface area contributed by atoms with E-state index in [4.69, 9.17) is 18.9 Å². The quantitative estimate of drug-likeness (QED) is 0.572. The summed E-state index contributed by atoms with van der Waals surface area (Å²) in [6.07, 6.45) is 3.47. The smallest absolute Gasteiger partial charge is 0.339 e. The van der Waals surface area contributed by atoms with Crippen LogP contribution in [0.15, 0.2) is 12.1 Å². The van der Waals surface area contributed by atoms with Crippen molar-refractivity contribution in [1.82, 2.24) is 5.32 Å². The van der Waals surface area contributed by atoms with Gasteiger partial charge in [-0.05, 0) is 58.6 Å². The zero-order valence-electron chi connectivity index (χ0n) is 18.8. The molecule has 3 atom stereocenters. The fourth-order valence-corrected chi connectivity index (χ4v) is 3.62. The fourth-order valence-electron chi connectivity index (χ4n) is 3.62. The first kappa shape index (κ1) is 23.8. The number of amides is 1. The summed E-state index contributed by atoms with van der Waals surface area (Å²) in [5.74, 6) is 0.812. The first-order valence-corrected chi connectivity index (χ1v) is 11.0. The normalized spacial score (nSPS) is 19.5. The topological polar surface area (TPSA) is 83.1 Å². The summed E-state index contributed by atoms with van der Waals surface area (Å²) in [4.78, 5) is 25.3. The summed E-state index contributed by atoms with van der Waals surface area (Å²) in [5, 5.41) is 3.03. The predicted octanol–water partition coefficient (Wildman–Crippen LogP) is 4.12. The van der Waals surface area contributed by atoms with Crippen LogP contribution in [0.5, 0.6) is 17.2 Å². The zero-order valence-corrected chi connectivity index (χ0v) is 18.8. The highest BCUT2D eigenvalue weighted by Crippen LogP contribution is 2.39. The molecule has 1 fully saturated rings. The number of nitrogens with one attached hydrogen (secondary N) is 1. The lowest BCUT2D eigenvalue weighted by Crippen LogP contribution is -2.46. The average Bonchev–Trinajstić information content (AvgIpc) is 2.72. The highest BCUT2D eigenvalue weighted by molar-refractivity contribution is 5.93. The van der Waals surface area contributed by atoms with Gasteiger partial charge >= 0.3 is 5.97 Å². The van der Waals surface area contributed by atoms with Gasteiger partial charge in [-0.25, -0.2) is 4.79 Å². The molecule has 1 aromatic rings. The summed E-state index contributed by atoms with van der Waals surface area (Å²) in [5.41, 5.74) is 0.246. The zero-order chi connectivity index (χ0) is 22.1. The van der Waals surface area contributed by atoms with E-state index in [1.807, 2.05) is 20.8 Å². The number of hydrogen-bond acceptors (Lipinski definition) is 6. The van der Waals surface area contributed by atoms with Crippen molar-refractivity contribution in [2.75, 3.05) is 19.8 Å². The summed E-state index contributed by atoms with van der Waals surface area (Å²) < 4.78 is 22.4. The van der Waals surface area contributed by atoms with Crippen LogP contribution in [0.3, 0.4) is 0 Å². The largest absolute Gasteiger partial charge is 0.490 e. The maximum Gasteiger partial charge on any atom is 0.339 e. The van der Waals surface area contributed by atoms with Gasteiger partial charge in [0.2, 0.25) is 5.75 Å². The van der Waals surface area contributed by atoms with Gasteiger partial charge < -0.3 is 24.3 Å². The molecule has 1 aliphatic carbocycles. The highest BCUT2D eigenvalue weighted by Gasteiger charge is 2.27. The Balaban J connectivity index is 2.13. The molecule has 1 aromatic carbocycles. The van der Waals surface area contributed by atoms with Gasteiger partial charge in [0.05, 0.1) is 25.4 Å². The number of esters is 1. The maximum atomic E-state index is 12.7. The number of carbonyl (C=O) groups is 2. The highest BCUT2D eigenvalue weighted by atomic mass is 16.6. The number of benzene rings is 1. The third kappa shape index (κ3) is 6.28. The lowest BCUT2D eigenvalue weighted by molar-refractivity contribution is -0.130. The molecule has 2 rings (SSSR count). The van der Waals surface area contributed by atoms with E-state index in [-0.39, 0.29) is 17.5 Å². The van der Waals surface area contributed by atoms with E-state index in [9.17, 15) is 9.59 Å². The van der Waals surface area contributed by atoms with Gasteiger partial charge in [0.25, 0.3) is 5.91 Å². The van der Waals surface area contributed by atoms with Crippen molar-refractivity contribution in [2.24, 2.45) is 5.92 Å². The number of rotatable bonds is 10. The van der Waals surface area contributed by atoms with Gasteiger partial charge in [-0.1, -0.05) is 19.8 Å². The molecule has 0 aliphatic heterocycles. The van der Waals surface area contributed by atoms with Gasteiger partial charge in [-0.2, -0.15) is 0 Å². The molecule has 1 aliphatic rings. The number of hydrogen-bond donors (Lipinski definition) is 1. The Kier molecular flexibility index (Phi) is 9.27. The van der Waals surface area contributed by atoms with E-state index >= 15 is 0 Å². The van der Waals surface area contributed by atoms with E-state index in [0.29, 0.717) is 43.0 Å². The van der Waals surface area contributed by atoms with Crippen LogP contribution in [0.4, 0.5) is 0 Å². The second-order valence-corrected chi connectivity index (χ2v) is 7.53. The van der Waals surface area contributed by atoms with Crippen molar-refractivity contribution >= 4 is 11.9 Å². The SMILES string of the molecule is CCOc1cc(C(=O)O[C@H](C)C(=O)N[C@H]2CCCC[C@@H]2C)cc(OCC)c1OCC. The number of carbonyl (C=O) groups excluding carboxylic acids is 2. The third-order valence-corrected chi connectivity index (χ3v) is 5.24. The molecule has 168 valence electrons. The monoisotopic (exact) mass is 421 g/mol. The van der Waals surface area contributed by atoms with E-state index in [0.717, 1.165) is 19.3 Å². The molecule has 1 amide bonds. The Bertz CT molecular complexity index is 693. The van der Waals surface area contributed by atoms with Crippen molar-refractivity contribution in [3.8, 4) is 17.2 Å². The van der Waals surface area contributed by atoms with Gasteiger partial charge in [-0.3, -0.25) is 4.79 Å². The first-order valence-electron chi connectivity index (χ1n) is 11.0. The molecule has 0 aromatic heterocycles. The summed E-state index contributed by atoms with van der Waals surface area (Å²) in [6.45, 7) is 10.5. The van der Waals surface area contributed by atoms with Gasteiger partial charge in [-0.15, -0.1) is 0 Å². The predicted molar refractivity (Wildman–Crippen MR) is 114 cm³/mol. The molecule has 0 radical (unpaired) electrons. The first-order chi connectivity index (χ1) is 14.4. The van der Waals surface area contributed by atoms with Crippen LogP contribution in [0.1, 0.15) is 70.7 Å². The van der Waals surface area contributed by atoms with Crippen molar-refractivity contribution in [3.05, 3.63) is 17.7 Å². The van der Waals surface area contributed by atoms with Crippen molar-refractivity contribution in [1.29, 1.82) is 0 Å². The van der Waals surface area contributed by atoms with Crippen LogP contribution in [-0.4, -0.2) is 43.8 Å². The van der Waals surface area contributed by atoms with E-state index < -0.39 is 12.1 Å². The molecule has 0 bridgehead atoms. The van der Waals surface area contributed by atoms with Crippen molar-refractivity contribution < 1.29 is 28.5 Å². The van der Waals surface area contributed by atoms with Crippen LogP contribution in [-0.2, 0) is 9.53 Å². The minimum atomic E-state index is -0.899. The fraction of sp³-hybridized carbons (Fsp3) is 0.652. The maximum absolute atomic E-state index is 12.7. The van der Waals surface area contributed by atoms with Crippen LogP contribution in [0, 0.1) is 5.92 Å². The molecule has 0 spiro atoms. The average molecular weight is 422 g/mol. The van der Waals surface area contributed by atoms with Crippen LogP contribution in [0.2, 0.25) is 0 Å². The van der Waals surface area contributed by atoms with Crippen molar-refractivity contribution in [2.45, 2.75) is 72.4 Å². The Hall–Kier alpha value is -2.44. The second-order valence-electron chi connectivity index (χ2n) is 7.53. The van der Waals surface area contributed by atoms with Gasteiger partial charge in [0, 0.05) is 6.04 Å². The third-order valence-electron chi connectivity index (χ3n) is 5.24. The van der Waals surface area contributed by atoms with Crippen LogP contribution >= 0.6 is 0 Å². The lowest BCUT2D eigenvalue weighted by Gasteiger charge is -2.30. The van der Waals surface area contributed by atoms with Crippen LogP contribution in [0.25, 0.3) is 0 Å². The molecule has 7 heteroatoms. The molecule has 1 saturated carbocycles. The van der Waals surface area contributed by atoms with Gasteiger partial charge in [0.15, 0.2) is 17.6 Å². The second kappa shape index (κ2) is 11.7. The molecule has 30 heavy (non-hydrogen) atoms. The molecule has 0 saturated heterocycles. The minimum absolute atomic E-state index is 0.131. The molecule has 1 N–H and O–H groups in total.